The maximum absolute atomic E-state index is 11.7. The highest BCUT2D eigenvalue weighted by Gasteiger charge is 2.12. The molecule has 0 spiro atoms. The van der Waals surface area contributed by atoms with Crippen molar-refractivity contribution in [1.82, 2.24) is 4.72 Å². The van der Waals surface area contributed by atoms with Crippen LogP contribution in [-0.2, 0) is 10.0 Å². The second-order valence-electron chi connectivity index (χ2n) is 3.26. The van der Waals surface area contributed by atoms with Gasteiger partial charge in [-0.2, -0.15) is 0 Å². The molecule has 0 aromatic heterocycles. The minimum Gasteiger partial charge on any atom is -0.211 e. The zero-order valence-corrected chi connectivity index (χ0v) is 11.5. The van der Waals surface area contributed by atoms with Gasteiger partial charge in [-0.05, 0) is 31.0 Å². The van der Waals surface area contributed by atoms with Crippen LogP contribution in [0.4, 0.5) is 0 Å². The lowest BCUT2D eigenvalue weighted by molar-refractivity contribution is 0.581. The first-order chi connectivity index (χ1) is 7.06. The fourth-order valence-corrected chi connectivity index (χ4v) is 2.70. The number of nitrogens with one attached hydrogen (secondary N) is 1. The lowest BCUT2D eigenvalue weighted by Gasteiger charge is -2.06. The van der Waals surface area contributed by atoms with E-state index in [1.807, 2.05) is 13.0 Å². The molecule has 84 valence electrons. The van der Waals surface area contributed by atoms with Gasteiger partial charge in [0.2, 0.25) is 10.0 Å². The molecule has 1 aromatic rings. The van der Waals surface area contributed by atoms with E-state index >= 15 is 0 Å². The molecule has 15 heavy (non-hydrogen) atoms. The molecule has 0 fully saturated rings. The van der Waals surface area contributed by atoms with E-state index in [1.54, 1.807) is 18.2 Å². The van der Waals surface area contributed by atoms with E-state index in [0.29, 0.717) is 11.4 Å². The quantitative estimate of drug-likeness (QED) is 0.507. The predicted molar refractivity (Wildman–Crippen MR) is 69.9 cm³/mol. The van der Waals surface area contributed by atoms with Gasteiger partial charge in [-0.3, -0.25) is 0 Å². The number of hydrogen-bond acceptors (Lipinski definition) is 2. The third kappa shape index (κ3) is 4.08. The van der Waals surface area contributed by atoms with Gasteiger partial charge in [0.25, 0.3) is 0 Å². The van der Waals surface area contributed by atoms with E-state index in [9.17, 15) is 8.42 Å². The normalized spacial score (nSPS) is 11.6. The van der Waals surface area contributed by atoms with E-state index < -0.39 is 10.0 Å². The number of halogens is 1. The van der Waals surface area contributed by atoms with Crippen molar-refractivity contribution < 1.29 is 8.42 Å². The molecule has 0 aliphatic heterocycles. The van der Waals surface area contributed by atoms with Gasteiger partial charge >= 0.3 is 0 Å². The first-order valence-electron chi connectivity index (χ1n) is 4.68. The molecule has 0 aliphatic carbocycles. The molecular weight excluding hydrogens is 325 g/mol. The zero-order valence-electron chi connectivity index (χ0n) is 8.53. The number of rotatable bonds is 5. The summed E-state index contributed by atoms with van der Waals surface area (Å²) in [6, 6.07) is 6.91. The lowest BCUT2D eigenvalue weighted by atomic mass is 10.2. The molecule has 0 bridgehead atoms. The Morgan fingerprint density at radius 3 is 2.73 bits per heavy atom. The Morgan fingerprint density at radius 1 is 1.40 bits per heavy atom. The molecule has 5 heteroatoms. The molecular formula is C10H14INO2S. The second-order valence-corrected chi connectivity index (χ2v) is 6.10. The number of sulfonamides is 1. The third-order valence-electron chi connectivity index (χ3n) is 1.90. The summed E-state index contributed by atoms with van der Waals surface area (Å²) in [6.45, 7) is 2.38. The average molecular weight is 339 g/mol. The summed E-state index contributed by atoms with van der Waals surface area (Å²) >= 11 is 2.22. The third-order valence-corrected chi connectivity index (χ3v) is 4.12. The maximum atomic E-state index is 11.7. The van der Waals surface area contributed by atoms with Gasteiger partial charge in [-0.15, -0.1) is 0 Å². The molecule has 0 aliphatic rings. The second kappa shape index (κ2) is 5.81. The Kier molecular flexibility index (Phi) is 5.01. The number of alkyl halides is 1. The molecule has 1 N–H and O–H groups in total. The molecule has 0 saturated carbocycles. The van der Waals surface area contributed by atoms with Crippen LogP contribution in [0.15, 0.2) is 29.2 Å². The zero-order chi connectivity index (χ0) is 11.3. The Bertz CT molecular complexity index is 417. The summed E-state index contributed by atoms with van der Waals surface area (Å²) in [7, 11) is -3.31. The largest absolute Gasteiger partial charge is 0.240 e. The van der Waals surface area contributed by atoms with Crippen LogP contribution in [0, 0.1) is 6.92 Å². The standard InChI is InChI=1S/C10H14INO2S/c1-9-4-2-5-10(8-9)15(13,14)12-7-3-6-11/h2,4-5,8,12H,3,6-7H2,1H3. The highest BCUT2D eigenvalue weighted by atomic mass is 127. The predicted octanol–water partition coefficient (Wildman–Crippen LogP) is 2.10. The summed E-state index contributed by atoms with van der Waals surface area (Å²) < 4.78 is 27.0. The first-order valence-corrected chi connectivity index (χ1v) is 7.69. The van der Waals surface area contributed by atoms with Crippen molar-refractivity contribution >= 4 is 32.6 Å². The first kappa shape index (κ1) is 12.9. The molecule has 0 heterocycles. The fraction of sp³-hybridized carbons (Fsp3) is 0.400. The van der Waals surface area contributed by atoms with Gasteiger partial charge in [0, 0.05) is 11.0 Å². The van der Waals surface area contributed by atoms with Crippen molar-refractivity contribution in [1.29, 1.82) is 0 Å². The fourth-order valence-electron chi connectivity index (χ4n) is 1.14. The van der Waals surface area contributed by atoms with Crippen LogP contribution < -0.4 is 4.72 Å². The molecule has 1 aromatic carbocycles. The summed E-state index contributed by atoms with van der Waals surface area (Å²) in [4.78, 5) is 0.343. The summed E-state index contributed by atoms with van der Waals surface area (Å²) in [5.41, 5.74) is 0.951. The lowest BCUT2D eigenvalue weighted by Crippen LogP contribution is -2.25. The Balaban J connectivity index is 2.77. The molecule has 0 saturated heterocycles. The molecule has 0 radical (unpaired) electrons. The minimum absolute atomic E-state index is 0.343. The summed E-state index contributed by atoms with van der Waals surface area (Å²) in [5.74, 6) is 0. The van der Waals surface area contributed by atoms with Crippen molar-refractivity contribution in [3.05, 3.63) is 29.8 Å². The van der Waals surface area contributed by atoms with Crippen LogP contribution in [0.5, 0.6) is 0 Å². The van der Waals surface area contributed by atoms with Crippen LogP contribution in [-0.4, -0.2) is 19.4 Å². The van der Waals surface area contributed by atoms with Crippen molar-refractivity contribution in [2.45, 2.75) is 18.2 Å². The Hall–Kier alpha value is -0.140. The SMILES string of the molecule is Cc1cccc(S(=O)(=O)NCCCI)c1. The van der Waals surface area contributed by atoms with Gasteiger partial charge in [0.15, 0.2) is 0 Å². The van der Waals surface area contributed by atoms with Crippen molar-refractivity contribution in [2.75, 3.05) is 11.0 Å². The summed E-state index contributed by atoms with van der Waals surface area (Å²) in [6.07, 6.45) is 0.853. The van der Waals surface area contributed by atoms with Gasteiger partial charge in [0.1, 0.15) is 0 Å². The topological polar surface area (TPSA) is 46.2 Å². The highest BCUT2D eigenvalue weighted by molar-refractivity contribution is 14.1. The summed E-state index contributed by atoms with van der Waals surface area (Å²) in [5, 5.41) is 0. The van der Waals surface area contributed by atoms with E-state index in [4.69, 9.17) is 0 Å². The monoisotopic (exact) mass is 339 g/mol. The molecule has 3 nitrogen and oxygen atoms in total. The number of hydrogen-bond donors (Lipinski definition) is 1. The smallest absolute Gasteiger partial charge is 0.211 e. The molecule has 1 rings (SSSR count). The van der Waals surface area contributed by atoms with Gasteiger partial charge in [0.05, 0.1) is 4.90 Å². The van der Waals surface area contributed by atoms with Crippen LogP contribution in [0.25, 0.3) is 0 Å². The van der Waals surface area contributed by atoms with Crippen molar-refractivity contribution in [2.24, 2.45) is 0 Å². The van der Waals surface area contributed by atoms with E-state index in [2.05, 4.69) is 27.3 Å². The van der Waals surface area contributed by atoms with Crippen LogP contribution in [0.3, 0.4) is 0 Å². The molecule has 0 amide bonds. The van der Waals surface area contributed by atoms with Crippen LogP contribution >= 0.6 is 22.6 Å². The van der Waals surface area contributed by atoms with Gasteiger partial charge in [-0.1, -0.05) is 34.7 Å². The molecule has 0 atom stereocenters. The van der Waals surface area contributed by atoms with E-state index in [0.717, 1.165) is 16.4 Å². The Labute approximate surface area is 104 Å². The minimum atomic E-state index is -3.31. The van der Waals surface area contributed by atoms with Crippen molar-refractivity contribution in [3.8, 4) is 0 Å². The van der Waals surface area contributed by atoms with Crippen LogP contribution in [0.2, 0.25) is 0 Å². The Morgan fingerprint density at radius 2 is 2.13 bits per heavy atom. The van der Waals surface area contributed by atoms with Crippen molar-refractivity contribution in [3.63, 3.8) is 0 Å². The average Bonchev–Trinajstić information content (AvgIpc) is 2.18. The number of benzene rings is 1. The van der Waals surface area contributed by atoms with Gasteiger partial charge in [-0.25, -0.2) is 13.1 Å². The van der Waals surface area contributed by atoms with E-state index in [1.165, 1.54) is 0 Å². The van der Waals surface area contributed by atoms with E-state index in [-0.39, 0.29) is 0 Å². The number of aryl methyl sites for hydroxylation is 1. The van der Waals surface area contributed by atoms with Crippen LogP contribution in [0.1, 0.15) is 12.0 Å². The molecule has 0 unspecified atom stereocenters. The highest BCUT2D eigenvalue weighted by Crippen LogP contribution is 2.10. The maximum Gasteiger partial charge on any atom is 0.240 e. The van der Waals surface area contributed by atoms with Gasteiger partial charge < -0.3 is 0 Å².